The predicted molar refractivity (Wildman–Crippen MR) is 57.7 cm³/mol. The number of aromatic hydroxyl groups is 1. The van der Waals surface area contributed by atoms with Crippen LogP contribution in [0.1, 0.15) is 5.56 Å². The summed E-state index contributed by atoms with van der Waals surface area (Å²) in [6, 6.07) is 4.80. The van der Waals surface area contributed by atoms with Crippen molar-refractivity contribution >= 4 is 12.2 Å². The minimum atomic E-state index is -1.31. The molecule has 5 heteroatoms. The minimum Gasteiger partial charge on any atom is -0.504 e. The number of phenols is 1. The third kappa shape index (κ3) is 3.53. The molecule has 2 N–H and O–H groups in total. The summed E-state index contributed by atoms with van der Waals surface area (Å²) in [7, 11) is 1.45. The van der Waals surface area contributed by atoms with Crippen LogP contribution in [-0.4, -0.2) is 30.1 Å². The summed E-state index contributed by atoms with van der Waals surface area (Å²) in [6.45, 7) is -0.0154. The number of phenolic OH excluding ortho intramolecular Hbond substituents is 1. The number of carbonyl (C=O) groups is 1. The highest BCUT2D eigenvalue weighted by atomic mass is 16.7. The summed E-state index contributed by atoms with van der Waals surface area (Å²) in [5, 5.41) is 17.5. The van der Waals surface area contributed by atoms with E-state index in [9.17, 15) is 9.90 Å². The van der Waals surface area contributed by atoms with E-state index < -0.39 is 6.16 Å². The molecule has 0 saturated carbocycles. The highest BCUT2D eigenvalue weighted by Gasteiger charge is 2.00. The lowest BCUT2D eigenvalue weighted by Gasteiger charge is -2.03. The van der Waals surface area contributed by atoms with Gasteiger partial charge in [-0.25, -0.2) is 4.79 Å². The van der Waals surface area contributed by atoms with Crippen LogP contribution in [0.15, 0.2) is 24.3 Å². The van der Waals surface area contributed by atoms with Gasteiger partial charge in [-0.15, -0.1) is 0 Å². The first kappa shape index (κ1) is 11.9. The molecule has 0 radical (unpaired) electrons. The van der Waals surface area contributed by atoms with Crippen LogP contribution in [0.4, 0.5) is 4.79 Å². The van der Waals surface area contributed by atoms with E-state index in [2.05, 4.69) is 4.74 Å². The first-order valence-corrected chi connectivity index (χ1v) is 4.52. The standard InChI is InChI=1S/C11H12O5/c1-15-10-7-8(4-5-9(10)12)3-2-6-16-11(13)14/h2-5,7,12H,6H2,1H3,(H,13,14)/b3-2+. The Kier molecular flexibility index (Phi) is 4.20. The van der Waals surface area contributed by atoms with Gasteiger partial charge in [-0.2, -0.15) is 0 Å². The molecule has 16 heavy (non-hydrogen) atoms. The molecule has 0 fully saturated rings. The van der Waals surface area contributed by atoms with Crippen molar-refractivity contribution in [1.29, 1.82) is 0 Å². The van der Waals surface area contributed by atoms with Crippen LogP contribution in [0, 0.1) is 0 Å². The molecule has 0 unspecified atom stereocenters. The molecule has 5 nitrogen and oxygen atoms in total. The van der Waals surface area contributed by atoms with E-state index in [1.54, 1.807) is 24.3 Å². The van der Waals surface area contributed by atoms with Crippen LogP contribution < -0.4 is 4.74 Å². The zero-order chi connectivity index (χ0) is 12.0. The number of benzene rings is 1. The number of carboxylic acid groups (broad SMARTS) is 1. The molecule has 0 aliphatic carbocycles. The third-order valence-corrected chi connectivity index (χ3v) is 1.82. The highest BCUT2D eigenvalue weighted by Crippen LogP contribution is 2.26. The van der Waals surface area contributed by atoms with Gasteiger partial charge in [0.1, 0.15) is 6.61 Å². The van der Waals surface area contributed by atoms with Crippen molar-refractivity contribution in [1.82, 2.24) is 0 Å². The quantitative estimate of drug-likeness (QED) is 0.766. The molecule has 86 valence electrons. The van der Waals surface area contributed by atoms with Crippen molar-refractivity contribution < 1.29 is 24.5 Å². The van der Waals surface area contributed by atoms with E-state index in [0.29, 0.717) is 5.75 Å². The van der Waals surface area contributed by atoms with Crippen molar-refractivity contribution in [3.8, 4) is 11.5 Å². The summed E-state index contributed by atoms with van der Waals surface area (Å²) in [6.07, 6.45) is 1.91. The first-order chi connectivity index (χ1) is 7.63. The van der Waals surface area contributed by atoms with E-state index >= 15 is 0 Å². The fourth-order valence-electron chi connectivity index (χ4n) is 1.10. The molecule has 1 rings (SSSR count). The van der Waals surface area contributed by atoms with Crippen molar-refractivity contribution in [3.63, 3.8) is 0 Å². The van der Waals surface area contributed by atoms with E-state index in [-0.39, 0.29) is 12.4 Å². The summed E-state index contributed by atoms with van der Waals surface area (Å²) in [4.78, 5) is 10.0. The van der Waals surface area contributed by atoms with Crippen LogP contribution >= 0.6 is 0 Å². The van der Waals surface area contributed by atoms with Gasteiger partial charge in [-0.3, -0.25) is 0 Å². The van der Waals surface area contributed by atoms with Crippen LogP contribution in [0.3, 0.4) is 0 Å². The molecule has 0 aliphatic rings. The maximum absolute atomic E-state index is 10.0. The maximum Gasteiger partial charge on any atom is 0.506 e. The Hall–Kier alpha value is -2.17. The predicted octanol–water partition coefficient (Wildman–Crippen LogP) is 2.11. The monoisotopic (exact) mass is 224 g/mol. The summed E-state index contributed by atoms with van der Waals surface area (Å²) >= 11 is 0. The molecular formula is C11H12O5. The van der Waals surface area contributed by atoms with Gasteiger partial charge in [0, 0.05) is 0 Å². The first-order valence-electron chi connectivity index (χ1n) is 4.52. The molecule has 0 aromatic heterocycles. The number of hydrogen-bond donors (Lipinski definition) is 2. The zero-order valence-corrected chi connectivity index (χ0v) is 8.71. The van der Waals surface area contributed by atoms with Gasteiger partial charge in [0.15, 0.2) is 11.5 Å². The molecule has 0 amide bonds. The Labute approximate surface area is 92.5 Å². The van der Waals surface area contributed by atoms with Crippen LogP contribution in [0.5, 0.6) is 11.5 Å². The number of methoxy groups -OCH3 is 1. The Bertz CT molecular complexity index is 397. The second-order valence-corrected chi connectivity index (χ2v) is 2.91. The molecule has 0 aliphatic heterocycles. The van der Waals surface area contributed by atoms with Crippen molar-refractivity contribution in [3.05, 3.63) is 29.8 Å². The average molecular weight is 224 g/mol. The maximum atomic E-state index is 10.0. The van der Waals surface area contributed by atoms with E-state index in [1.165, 1.54) is 13.2 Å². The molecule has 0 spiro atoms. The van der Waals surface area contributed by atoms with Gasteiger partial charge in [-0.1, -0.05) is 12.1 Å². The third-order valence-electron chi connectivity index (χ3n) is 1.82. The van der Waals surface area contributed by atoms with E-state index in [4.69, 9.17) is 9.84 Å². The number of hydrogen-bond acceptors (Lipinski definition) is 4. The van der Waals surface area contributed by atoms with E-state index in [1.807, 2.05) is 0 Å². The summed E-state index contributed by atoms with van der Waals surface area (Å²) < 4.78 is 9.21. The van der Waals surface area contributed by atoms with Gasteiger partial charge in [0.25, 0.3) is 0 Å². The smallest absolute Gasteiger partial charge is 0.504 e. The van der Waals surface area contributed by atoms with E-state index in [0.717, 1.165) is 5.56 Å². The molecule has 0 bridgehead atoms. The Morgan fingerprint density at radius 1 is 1.50 bits per heavy atom. The van der Waals surface area contributed by atoms with Gasteiger partial charge in [0.2, 0.25) is 0 Å². The summed E-state index contributed by atoms with van der Waals surface area (Å²) in [5.41, 5.74) is 0.781. The van der Waals surface area contributed by atoms with Gasteiger partial charge in [0.05, 0.1) is 7.11 Å². The average Bonchev–Trinajstić information content (AvgIpc) is 2.26. The molecule has 0 heterocycles. The van der Waals surface area contributed by atoms with Crippen LogP contribution in [0.2, 0.25) is 0 Å². The number of rotatable bonds is 4. The largest absolute Gasteiger partial charge is 0.506 e. The molecule has 1 aromatic rings. The minimum absolute atomic E-state index is 0.0154. The van der Waals surface area contributed by atoms with Crippen LogP contribution in [-0.2, 0) is 4.74 Å². The van der Waals surface area contributed by atoms with Crippen molar-refractivity contribution in [2.75, 3.05) is 13.7 Å². The second-order valence-electron chi connectivity index (χ2n) is 2.91. The lowest BCUT2D eigenvalue weighted by Crippen LogP contribution is -1.98. The fraction of sp³-hybridized carbons (Fsp3) is 0.182. The second kappa shape index (κ2) is 5.65. The number of ether oxygens (including phenoxy) is 2. The summed E-state index contributed by atoms with van der Waals surface area (Å²) in [5.74, 6) is 0.419. The SMILES string of the molecule is COc1cc(/C=C/COC(=O)O)ccc1O. The fourth-order valence-corrected chi connectivity index (χ4v) is 1.10. The normalized spacial score (nSPS) is 10.3. The molecule has 1 aromatic carbocycles. The van der Waals surface area contributed by atoms with Crippen LogP contribution in [0.25, 0.3) is 6.08 Å². The lowest BCUT2D eigenvalue weighted by molar-refractivity contribution is 0.102. The van der Waals surface area contributed by atoms with Crippen molar-refractivity contribution in [2.45, 2.75) is 0 Å². The molecular weight excluding hydrogens is 212 g/mol. The molecule has 0 atom stereocenters. The van der Waals surface area contributed by atoms with Gasteiger partial charge in [-0.05, 0) is 23.8 Å². The Balaban J connectivity index is 2.63. The highest BCUT2D eigenvalue weighted by molar-refractivity contribution is 5.58. The lowest BCUT2D eigenvalue weighted by atomic mass is 10.2. The zero-order valence-electron chi connectivity index (χ0n) is 8.71. The Morgan fingerprint density at radius 2 is 2.25 bits per heavy atom. The Morgan fingerprint density at radius 3 is 2.88 bits per heavy atom. The van der Waals surface area contributed by atoms with Gasteiger partial charge < -0.3 is 19.7 Å². The van der Waals surface area contributed by atoms with Crippen molar-refractivity contribution in [2.24, 2.45) is 0 Å². The van der Waals surface area contributed by atoms with Gasteiger partial charge >= 0.3 is 6.16 Å². The topological polar surface area (TPSA) is 76.0 Å². The molecule has 0 saturated heterocycles.